The van der Waals surface area contributed by atoms with Gasteiger partial charge in [-0.1, -0.05) is 6.92 Å². The van der Waals surface area contributed by atoms with Crippen LogP contribution in [0.3, 0.4) is 0 Å². The zero-order chi connectivity index (χ0) is 13.9. The lowest BCUT2D eigenvalue weighted by Crippen LogP contribution is -2.37. The number of thioether (sulfide) groups is 1. The van der Waals surface area contributed by atoms with Gasteiger partial charge in [0.25, 0.3) is 0 Å². The average Bonchev–Trinajstić information content (AvgIpc) is 2.72. The van der Waals surface area contributed by atoms with Crippen LogP contribution < -0.4 is 10.5 Å². The molecule has 1 fully saturated rings. The summed E-state index contributed by atoms with van der Waals surface area (Å²) in [5, 5.41) is 4.03. The summed E-state index contributed by atoms with van der Waals surface area (Å²) >= 11 is 1.86. The maximum Gasteiger partial charge on any atom is 0.246 e. The van der Waals surface area contributed by atoms with Gasteiger partial charge in [-0.2, -0.15) is 16.9 Å². The molecule has 8 heteroatoms. The molecule has 0 unspecified atom stereocenters. The maximum atomic E-state index is 12.3. The van der Waals surface area contributed by atoms with Gasteiger partial charge in [0.15, 0.2) is 5.82 Å². The minimum Gasteiger partial charge on any atom is -0.381 e. The van der Waals surface area contributed by atoms with E-state index < -0.39 is 10.0 Å². The van der Waals surface area contributed by atoms with Crippen LogP contribution in [-0.2, 0) is 16.6 Å². The van der Waals surface area contributed by atoms with Crippen molar-refractivity contribution in [1.29, 1.82) is 0 Å². The van der Waals surface area contributed by atoms with Crippen molar-refractivity contribution < 1.29 is 8.42 Å². The predicted molar refractivity (Wildman–Crippen MR) is 77.6 cm³/mol. The Hall–Kier alpha value is -0.730. The Morgan fingerprint density at radius 2 is 2.21 bits per heavy atom. The van der Waals surface area contributed by atoms with Gasteiger partial charge < -0.3 is 5.73 Å². The first kappa shape index (κ1) is 14.7. The quantitative estimate of drug-likeness (QED) is 0.848. The monoisotopic (exact) mass is 304 g/mol. The lowest BCUT2D eigenvalue weighted by atomic mass is 10.2. The van der Waals surface area contributed by atoms with Crippen LogP contribution in [0.4, 0.5) is 5.82 Å². The fourth-order valence-electron chi connectivity index (χ4n) is 2.07. The van der Waals surface area contributed by atoms with Crippen molar-refractivity contribution in [2.75, 3.05) is 17.2 Å². The molecule has 1 aliphatic heterocycles. The minimum atomic E-state index is -3.56. The van der Waals surface area contributed by atoms with Gasteiger partial charge in [-0.25, -0.2) is 13.1 Å². The molecular formula is C11H20N4O2S2. The highest BCUT2D eigenvalue weighted by molar-refractivity contribution is 7.99. The number of hydrogen-bond donors (Lipinski definition) is 2. The van der Waals surface area contributed by atoms with E-state index in [-0.39, 0.29) is 16.8 Å². The third-order valence-corrected chi connectivity index (χ3v) is 5.63. The van der Waals surface area contributed by atoms with Crippen LogP contribution in [0.2, 0.25) is 0 Å². The Labute approximate surface area is 118 Å². The molecule has 3 N–H and O–H groups in total. The average molecular weight is 304 g/mol. The van der Waals surface area contributed by atoms with Gasteiger partial charge in [-0.3, -0.25) is 4.68 Å². The van der Waals surface area contributed by atoms with Crippen LogP contribution in [0.5, 0.6) is 0 Å². The molecule has 2 heterocycles. The number of nitrogen functional groups attached to an aromatic ring is 1. The molecule has 1 aromatic rings. The first-order chi connectivity index (χ1) is 9.03. The summed E-state index contributed by atoms with van der Waals surface area (Å²) in [5.41, 5.74) is 5.71. The van der Waals surface area contributed by atoms with Crippen LogP contribution in [0.1, 0.15) is 26.2 Å². The summed E-state index contributed by atoms with van der Waals surface area (Å²) in [6, 6.07) is 0.0141. The van der Waals surface area contributed by atoms with E-state index in [0.29, 0.717) is 6.54 Å². The number of anilines is 1. The van der Waals surface area contributed by atoms with Crippen molar-refractivity contribution in [3.63, 3.8) is 0 Å². The molecule has 0 amide bonds. The molecule has 1 saturated heterocycles. The fourth-order valence-corrected chi connectivity index (χ4v) is 4.55. The van der Waals surface area contributed by atoms with E-state index in [4.69, 9.17) is 5.73 Å². The number of nitrogens with one attached hydrogen (secondary N) is 1. The number of sulfonamides is 1. The molecule has 108 valence electrons. The van der Waals surface area contributed by atoms with Crippen molar-refractivity contribution in [3.05, 3.63) is 6.20 Å². The molecule has 0 aromatic carbocycles. The van der Waals surface area contributed by atoms with Crippen LogP contribution in [-0.4, -0.2) is 35.7 Å². The third kappa shape index (κ3) is 3.64. The molecular weight excluding hydrogens is 284 g/mol. The Balaban J connectivity index is 2.14. The third-order valence-electron chi connectivity index (χ3n) is 3.04. The number of nitrogens with two attached hydrogens (primary N) is 1. The normalized spacial score (nSPS) is 17.7. The number of hydrogen-bond acceptors (Lipinski definition) is 5. The molecule has 2 rings (SSSR count). The van der Waals surface area contributed by atoms with Crippen LogP contribution >= 0.6 is 11.8 Å². The van der Waals surface area contributed by atoms with E-state index in [0.717, 1.165) is 30.8 Å². The van der Waals surface area contributed by atoms with Crippen LogP contribution in [0, 0.1) is 0 Å². The van der Waals surface area contributed by atoms with Crippen LogP contribution in [0.25, 0.3) is 0 Å². The highest BCUT2D eigenvalue weighted by Gasteiger charge is 2.25. The van der Waals surface area contributed by atoms with E-state index in [1.54, 1.807) is 4.68 Å². The second-order valence-corrected chi connectivity index (χ2v) is 7.56. The van der Waals surface area contributed by atoms with E-state index in [9.17, 15) is 8.42 Å². The van der Waals surface area contributed by atoms with Gasteiger partial charge >= 0.3 is 0 Å². The SMILES string of the molecule is CCCn1cc(S(=O)(=O)NC2CCSCC2)c(N)n1. The minimum absolute atomic E-state index is 0.0141. The Morgan fingerprint density at radius 1 is 1.53 bits per heavy atom. The van der Waals surface area contributed by atoms with Crippen LogP contribution in [0.15, 0.2) is 11.1 Å². The second kappa shape index (κ2) is 6.15. The standard InChI is InChI=1S/C11H20N4O2S2/c1-2-5-15-8-10(11(12)13-15)19(16,17)14-9-3-6-18-7-4-9/h8-9,14H,2-7H2,1H3,(H2,12,13). The summed E-state index contributed by atoms with van der Waals surface area (Å²) in [6.07, 6.45) is 4.13. The smallest absolute Gasteiger partial charge is 0.246 e. The highest BCUT2D eigenvalue weighted by atomic mass is 32.2. The van der Waals surface area contributed by atoms with E-state index in [2.05, 4.69) is 9.82 Å². The van der Waals surface area contributed by atoms with Gasteiger partial charge in [0.2, 0.25) is 10.0 Å². The van der Waals surface area contributed by atoms with Crippen molar-refractivity contribution in [2.24, 2.45) is 0 Å². The van der Waals surface area contributed by atoms with Gasteiger partial charge in [0.1, 0.15) is 4.90 Å². The van der Waals surface area contributed by atoms with Gasteiger partial charge in [-0.15, -0.1) is 0 Å². The largest absolute Gasteiger partial charge is 0.381 e. The van der Waals surface area contributed by atoms with Gasteiger partial charge in [0.05, 0.1) is 0 Å². The van der Waals surface area contributed by atoms with Gasteiger partial charge in [-0.05, 0) is 30.8 Å². The molecule has 0 spiro atoms. The van der Waals surface area contributed by atoms with Crippen molar-refractivity contribution in [2.45, 2.75) is 43.7 Å². The second-order valence-electron chi connectivity index (χ2n) is 4.65. The Morgan fingerprint density at radius 3 is 2.84 bits per heavy atom. The summed E-state index contributed by atoms with van der Waals surface area (Å²) in [5.74, 6) is 2.07. The molecule has 19 heavy (non-hydrogen) atoms. The molecule has 1 aromatic heterocycles. The summed E-state index contributed by atoms with van der Waals surface area (Å²) in [7, 11) is -3.56. The Bertz CT molecular complexity index is 521. The molecule has 0 radical (unpaired) electrons. The molecule has 0 atom stereocenters. The molecule has 0 bridgehead atoms. The summed E-state index contributed by atoms with van der Waals surface area (Å²) in [6.45, 7) is 2.67. The zero-order valence-corrected chi connectivity index (χ0v) is 12.6. The lowest BCUT2D eigenvalue weighted by molar-refractivity contribution is 0.528. The lowest BCUT2D eigenvalue weighted by Gasteiger charge is -2.22. The number of aryl methyl sites for hydroxylation is 1. The van der Waals surface area contributed by atoms with Gasteiger partial charge in [0, 0.05) is 18.8 Å². The number of rotatable bonds is 5. The van der Waals surface area contributed by atoms with E-state index in [1.807, 2.05) is 18.7 Å². The molecule has 6 nitrogen and oxygen atoms in total. The van der Waals surface area contributed by atoms with Crippen molar-refractivity contribution >= 4 is 27.6 Å². The van der Waals surface area contributed by atoms with E-state index in [1.165, 1.54) is 6.20 Å². The van der Waals surface area contributed by atoms with E-state index >= 15 is 0 Å². The summed E-state index contributed by atoms with van der Waals surface area (Å²) < 4.78 is 28.9. The predicted octanol–water partition coefficient (Wildman–Crippen LogP) is 1.05. The number of aromatic nitrogens is 2. The van der Waals surface area contributed by atoms with Crippen molar-refractivity contribution in [3.8, 4) is 0 Å². The topological polar surface area (TPSA) is 90.0 Å². The molecule has 0 aliphatic carbocycles. The zero-order valence-electron chi connectivity index (χ0n) is 11.0. The molecule has 1 aliphatic rings. The number of nitrogens with zero attached hydrogens (tertiary/aromatic N) is 2. The van der Waals surface area contributed by atoms with Crippen molar-refractivity contribution in [1.82, 2.24) is 14.5 Å². The first-order valence-corrected chi connectivity index (χ1v) is 9.09. The molecule has 0 saturated carbocycles. The Kier molecular flexibility index (Phi) is 4.75. The first-order valence-electron chi connectivity index (χ1n) is 6.46. The summed E-state index contributed by atoms with van der Waals surface area (Å²) in [4.78, 5) is 0.0965. The highest BCUT2D eigenvalue weighted by Crippen LogP contribution is 2.21. The maximum absolute atomic E-state index is 12.3. The fraction of sp³-hybridized carbons (Fsp3) is 0.727.